The summed E-state index contributed by atoms with van der Waals surface area (Å²) in [5.41, 5.74) is 2.28. The van der Waals surface area contributed by atoms with Crippen molar-refractivity contribution in [3.05, 3.63) is 44.7 Å². The summed E-state index contributed by atoms with van der Waals surface area (Å²) in [6, 6.07) is 0.465. The molecule has 0 spiro atoms. The number of pyridine rings is 1. The first-order valence-electron chi connectivity index (χ1n) is 6.64. The zero-order valence-electron chi connectivity index (χ0n) is 11.7. The minimum atomic E-state index is 0.167. The summed E-state index contributed by atoms with van der Waals surface area (Å²) in [7, 11) is 0. The van der Waals surface area contributed by atoms with Gasteiger partial charge >= 0.3 is 0 Å². The Bertz CT molecular complexity index is 662. The van der Waals surface area contributed by atoms with Crippen molar-refractivity contribution in [3.8, 4) is 0 Å². The van der Waals surface area contributed by atoms with Gasteiger partial charge in [-0.1, -0.05) is 18.2 Å². The summed E-state index contributed by atoms with van der Waals surface area (Å²) in [6.07, 6.45) is 10.3. The van der Waals surface area contributed by atoms with Gasteiger partial charge in [0.2, 0.25) is 0 Å². The molecule has 0 aliphatic carbocycles. The van der Waals surface area contributed by atoms with Crippen LogP contribution < -0.4 is 16.0 Å². The molecule has 1 aromatic rings. The first-order chi connectivity index (χ1) is 8.60. The van der Waals surface area contributed by atoms with Gasteiger partial charge in [0.15, 0.2) is 5.43 Å². The van der Waals surface area contributed by atoms with E-state index in [2.05, 4.69) is 23.6 Å². The molecule has 1 unspecified atom stereocenters. The van der Waals surface area contributed by atoms with Crippen molar-refractivity contribution in [3.63, 3.8) is 0 Å². The van der Waals surface area contributed by atoms with E-state index in [1.807, 2.05) is 33.0 Å². The lowest BCUT2D eigenvalue weighted by atomic mass is 9.98. The number of rotatable bonds is 1. The molecule has 0 saturated heterocycles. The zero-order chi connectivity index (χ0) is 13.3. The van der Waals surface area contributed by atoms with Crippen LogP contribution in [-0.4, -0.2) is 4.57 Å². The molecule has 2 rings (SSSR count). The van der Waals surface area contributed by atoms with Crippen LogP contribution in [0.2, 0.25) is 0 Å². The van der Waals surface area contributed by atoms with Gasteiger partial charge in [-0.2, -0.15) is 0 Å². The van der Waals surface area contributed by atoms with E-state index in [4.69, 9.17) is 0 Å². The molecule has 2 heterocycles. The van der Waals surface area contributed by atoms with Crippen molar-refractivity contribution in [1.29, 1.82) is 0 Å². The molecule has 1 aliphatic rings. The highest BCUT2D eigenvalue weighted by molar-refractivity contribution is 5.57. The lowest BCUT2D eigenvalue weighted by Crippen LogP contribution is -2.49. The largest absolute Gasteiger partial charge is 0.344 e. The lowest BCUT2D eigenvalue weighted by Gasteiger charge is -2.24. The van der Waals surface area contributed by atoms with Crippen molar-refractivity contribution in [2.24, 2.45) is 0 Å². The molecule has 0 N–H and O–H groups in total. The zero-order valence-corrected chi connectivity index (χ0v) is 11.7. The number of hydrogen-bond donors (Lipinski definition) is 0. The van der Waals surface area contributed by atoms with Crippen molar-refractivity contribution in [1.82, 2.24) is 4.57 Å². The summed E-state index contributed by atoms with van der Waals surface area (Å²) >= 11 is 0. The second kappa shape index (κ2) is 4.97. The molecule has 0 saturated carbocycles. The second-order valence-corrected chi connectivity index (χ2v) is 5.01. The first kappa shape index (κ1) is 12.9. The van der Waals surface area contributed by atoms with Crippen molar-refractivity contribution in [2.75, 3.05) is 0 Å². The summed E-state index contributed by atoms with van der Waals surface area (Å²) < 4.78 is 2.27. The fourth-order valence-corrected chi connectivity index (χ4v) is 2.73. The van der Waals surface area contributed by atoms with Gasteiger partial charge in [-0.25, -0.2) is 0 Å². The fraction of sp³-hybridized carbons (Fsp3) is 0.438. The van der Waals surface area contributed by atoms with Crippen molar-refractivity contribution >= 4 is 11.6 Å². The normalized spacial score (nSPS) is 20.6. The number of allylic oxidation sites excluding steroid dienone is 2. The molecule has 1 aliphatic heterocycles. The van der Waals surface area contributed by atoms with E-state index in [0.717, 1.165) is 29.0 Å². The first-order valence-corrected chi connectivity index (χ1v) is 6.64. The maximum atomic E-state index is 12.2. The van der Waals surface area contributed by atoms with Crippen molar-refractivity contribution in [2.45, 2.75) is 46.6 Å². The van der Waals surface area contributed by atoms with Gasteiger partial charge < -0.3 is 4.57 Å². The molecule has 2 heteroatoms. The van der Waals surface area contributed by atoms with Crippen LogP contribution in [0, 0.1) is 6.92 Å². The SMILES string of the molecule is C/C=C\C1=c2c(=C\C)/c(=O)c(C)cn2C(C)CC1. The smallest absolute Gasteiger partial charge is 0.191 e. The van der Waals surface area contributed by atoms with Crippen LogP contribution in [0.15, 0.2) is 23.1 Å². The topological polar surface area (TPSA) is 22.0 Å². The quantitative estimate of drug-likeness (QED) is 0.740. The Morgan fingerprint density at radius 1 is 1.39 bits per heavy atom. The minimum Gasteiger partial charge on any atom is -0.344 e. The van der Waals surface area contributed by atoms with E-state index >= 15 is 0 Å². The maximum Gasteiger partial charge on any atom is 0.191 e. The Kier molecular flexibility index (Phi) is 3.55. The summed E-state index contributed by atoms with van der Waals surface area (Å²) in [6.45, 7) is 8.10. The molecule has 0 amide bonds. The van der Waals surface area contributed by atoms with E-state index in [1.165, 1.54) is 5.57 Å². The Morgan fingerprint density at radius 3 is 2.72 bits per heavy atom. The predicted octanol–water partition coefficient (Wildman–Crippen LogP) is 2.04. The van der Waals surface area contributed by atoms with Crippen LogP contribution in [-0.2, 0) is 0 Å². The third-order valence-corrected chi connectivity index (χ3v) is 3.72. The Labute approximate surface area is 108 Å². The molecule has 0 bridgehead atoms. The van der Waals surface area contributed by atoms with E-state index in [9.17, 15) is 4.79 Å². The van der Waals surface area contributed by atoms with E-state index in [1.54, 1.807) is 0 Å². The molecular weight excluding hydrogens is 222 g/mol. The van der Waals surface area contributed by atoms with Crippen molar-refractivity contribution < 1.29 is 0 Å². The monoisotopic (exact) mass is 243 g/mol. The van der Waals surface area contributed by atoms with Crippen LogP contribution >= 0.6 is 0 Å². The van der Waals surface area contributed by atoms with E-state index in [-0.39, 0.29) is 5.43 Å². The Morgan fingerprint density at radius 2 is 2.11 bits per heavy atom. The number of hydrogen-bond acceptors (Lipinski definition) is 1. The van der Waals surface area contributed by atoms with Crippen LogP contribution in [0.25, 0.3) is 11.6 Å². The molecule has 18 heavy (non-hydrogen) atoms. The standard InChI is InChI=1S/C16H21NO/c1-5-7-13-9-8-12(4)17-10-11(3)16(18)14(6-2)15(13)17/h5-7,10,12H,8-9H2,1-4H3/b7-5-,14-6+. The van der Waals surface area contributed by atoms with Gasteiger partial charge in [0.1, 0.15) is 0 Å². The summed E-state index contributed by atoms with van der Waals surface area (Å²) in [4.78, 5) is 12.2. The predicted molar refractivity (Wildman–Crippen MR) is 77.0 cm³/mol. The van der Waals surface area contributed by atoms with Crippen LogP contribution in [0.5, 0.6) is 0 Å². The lowest BCUT2D eigenvalue weighted by molar-refractivity contribution is 0.477. The third-order valence-electron chi connectivity index (χ3n) is 3.72. The van der Waals surface area contributed by atoms with Crippen LogP contribution in [0.4, 0.5) is 0 Å². The Balaban J connectivity index is 3.04. The molecule has 0 aromatic carbocycles. The van der Waals surface area contributed by atoms with Crippen LogP contribution in [0.1, 0.15) is 45.2 Å². The van der Waals surface area contributed by atoms with Gasteiger partial charge in [-0.15, -0.1) is 0 Å². The van der Waals surface area contributed by atoms with Gasteiger partial charge in [-0.3, -0.25) is 4.79 Å². The number of aromatic nitrogens is 1. The molecule has 1 atom stereocenters. The number of aryl methyl sites for hydroxylation is 1. The fourth-order valence-electron chi connectivity index (χ4n) is 2.73. The molecule has 2 nitrogen and oxygen atoms in total. The van der Waals surface area contributed by atoms with Crippen LogP contribution in [0.3, 0.4) is 0 Å². The molecule has 1 aromatic heterocycles. The summed E-state index contributed by atoms with van der Waals surface area (Å²) in [5, 5.41) is 1.97. The highest BCUT2D eigenvalue weighted by Gasteiger charge is 2.16. The average molecular weight is 243 g/mol. The highest BCUT2D eigenvalue weighted by atomic mass is 16.1. The second-order valence-electron chi connectivity index (χ2n) is 5.01. The maximum absolute atomic E-state index is 12.2. The van der Waals surface area contributed by atoms with E-state index < -0.39 is 0 Å². The number of fused-ring (bicyclic) bond motifs is 1. The third kappa shape index (κ3) is 1.96. The molecular formula is C16H21NO. The van der Waals surface area contributed by atoms with Gasteiger partial charge in [0.25, 0.3) is 0 Å². The summed E-state index contributed by atoms with van der Waals surface area (Å²) in [5.74, 6) is 0. The van der Waals surface area contributed by atoms with Gasteiger partial charge in [0, 0.05) is 23.0 Å². The minimum absolute atomic E-state index is 0.167. The molecule has 0 fully saturated rings. The van der Waals surface area contributed by atoms with Gasteiger partial charge in [0.05, 0.1) is 5.35 Å². The number of nitrogens with zero attached hydrogens (tertiary/aromatic N) is 1. The van der Waals surface area contributed by atoms with Gasteiger partial charge in [-0.05, 0) is 46.1 Å². The van der Waals surface area contributed by atoms with E-state index in [0.29, 0.717) is 6.04 Å². The Hall–Kier alpha value is -1.57. The highest BCUT2D eigenvalue weighted by Crippen LogP contribution is 2.20. The molecule has 96 valence electrons. The molecule has 0 radical (unpaired) electrons. The average Bonchev–Trinajstić information content (AvgIpc) is 2.35.